The third-order valence-corrected chi connectivity index (χ3v) is 4.61. The van der Waals surface area contributed by atoms with Crippen molar-refractivity contribution in [3.8, 4) is 5.75 Å². The first-order valence-corrected chi connectivity index (χ1v) is 7.24. The Kier molecular flexibility index (Phi) is 3.42. The lowest BCUT2D eigenvalue weighted by Gasteiger charge is -2.17. The highest BCUT2D eigenvalue weighted by Crippen LogP contribution is 2.60. The summed E-state index contributed by atoms with van der Waals surface area (Å²) < 4.78 is 5.11. The van der Waals surface area contributed by atoms with Gasteiger partial charge in [-0.25, -0.2) is 0 Å². The molecule has 0 spiro atoms. The molecule has 0 aromatic heterocycles. The molecule has 4 nitrogen and oxygen atoms in total. The molecule has 2 N–H and O–H groups in total. The molecule has 2 aliphatic carbocycles. The maximum Gasteiger partial charge on any atom is 0.253 e. The summed E-state index contributed by atoms with van der Waals surface area (Å²) in [5, 5.41) is 13.0. The van der Waals surface area contributed by atoms with Crippen LogP contribution in [0.5, 0.6) is 5.75 Å². The number of benzene rings is 1. The van der Waals surface area contributed by atoms with E-state index in [1.54, 1.807) is 31.4 Å². The molecule has 108 valence electrons. The van der Waals surface area contributed by atoms with Gasteiger partial charge in [-0.05, 0) is 54.7 Å². The van der Waals surface area contributed by atoms with Crippen LogP contribution in [0.2, 0.25) is 0 Å². The molecule has 20 heavy (non-hydrogen) atoms. The van der Waals surface area contributed by atoms with Gasteiger partial charge in [-0.2, -0.15) is 0 Å². The van der Waals surface area contributed by atoms with Crippen molar-refractivity contribution in [2.75, 3.05) is 13.7 Å². The fourth-order valence-corrected chi connectivity index (χ4v) is 2.91. The molecule has 1 unspecified atom stereocenters. The summed E-state index contributed by atoms with van der Waals surface area (Å²) in [6.07, 6.45) is 3.91. The molecule has 4 heteroatoms. The maximum atomic E-state index is 12.1. The predicted molar refractivity (Wildman–Crippen MR) is 75.4 cm³/mol. The smallest absolute Gasteiger partial charge is 0.253 e. The molecule has 2 saturated carbocycles. The topological polar surface area (TPSA) is 58.6 Å². The minimum absolute atomic E-state index is 0.315. The van der Waals surface area contributed by atoms with E-state index < -0.39 is 6.10 Å². The number of rotatable bonds is 6. The number of methoxy groups -OCH3 is 1. The highest BCUT2D eigenvalue weighted by molar-refractivity contribution is 5.82. The first-order chi connectivity index (χ1) is 9.64. The fraction of sp³-hybridized carbons (Fsp3) is 0.562. The summed E-state index contributed by atoms with van der Waals surface area (Å²) in [6, 6.07) is 7.00. The molecule has 0 aliphatic heterocycles. The largest absolute Gasteiger partial charge is 0.497 e. The van der Waals surface area contributed by atoms with Crippen molar-refractivity contribution in [2.45, 2.75) is 31.8 Å². The highest BCUT2D eigenvalue weighted by Gasteiger charge is 2.53. The Bertz CT molecular complexity index is 506. The molecule has 1 amide bonds. The Balaban J connectivity index is 1.58. The van der Waals surface area contributed by atoms with Gasteiger partial charge >= 0.3 is 0 Å². The Labute approximate surface area is 119 Å². The summed E-state index contributed by atoms with van der Waals surface area (Å²) in [6.45, 7) is 0.706. The van der Waals surface area contributed by atoms with E-state index in [0.29, 0.717) is 23.3 Å². The van der Waals surface area contributed by atoms with Gasteiger partial charge in [0.15, 0.2) is 6.10 Å². The molecule has 1 atom stereocenters. The number of hydrogen-bond acceptors (Lipinski definition) is 3. The van der Waals surface area contributed by atoms with Gasteiger partial charge in [-0.15, -0.1) is 0 Å². The van der Waals surface area contributed by atoms with E-state index in [1.807, 2.05) is 0 Å². The van der Waals surface area contributed by atoms with Crippen molar-refractivity contribution < 1.29 is 14.6 Å². The number of carbonyl (C=O) groups is 1. The lowest BCUT2D eigenvalue weighted by Crippen LogP contribution is -2.34. The van der Waals surface area contributed by atoms with Gasteiger partial charge in [0.1, 0.15) is 5.75 Å². The van der Waals surface area contributed by atoms with Gasteiger partial charge in [-0.3, -0.25) is 4.79 Å². The zero-order valence-corrected chi connectivity index (χ0v) is 11.8. The fourth-order valence-electron chi connectivity index (χ4n) is 2.91. The minimum atomic E-state index is -1.12. The second-order valence-corrected chi connectivity index (χ2v) is 6.03. The maximum absolute atomic E-state index is 12.1. The minimum Gasteiger partial charge on any atom is -0.497 e. The van der Waals surface area contributed by atoms with Crippen molar-refractivity contribution in [2.24, 2.45) is 11.3 Å². The van der Waals surface area contributed by atoms with Gasteiger partial charge in [0, 0.05) is 6.54 Å². The standard InChI is InChI=1S/C16H21NO3/c1-20-13-4-2-3-11(9-13)14(18)15(19)17-10-16(7-8-16)12-5-6-12/h2-4,9,12,14,18H,5-8,10H2,1H3,(H,17,19). The Morgan fingerprint density at radius 3 is 2.85 bits per heavy atom. The van der Waals surface area contributed by atoms with Gasteiger partial charge in [0.05, 0.1) is 7.11 Å². The molecular weight excluding hydrogens is 254 g/mol. The van der Waals surface area contributed by atoms with E-state index in [1.165, 1.54) is 25.7 Å². The number of hydrogen-bond donors (Lipinski definition) is 2. The van der Waals surface area contributed by atoms with Gasteiger partial charge < -0.3 is 15.2 Å². The van der Waals surface area contributed by atoms with Crippen LogP contribution in [0.15, 0.2) is 24.3 Å². The van der Waals surface area contributed by atoms with E-state index in [2.05, 4.69) is 5.32 Å². The third kappa shape index (κ3) is 2.66. The van der Waals surface area contributed by atoms with Crippen LogP contribution in [-0.4, -0.2) is 24.7 Å². The SMILES string of the molecule is COc1cccc(C(O)C(=O)NCC2(C3CC3)CC2)c1. The number of carbonyl (C=O) groups excluding carboxylic acids is 1. The molecule has 2 aliphatic rings. The van der Waals surface area contributed by atoms with Crippen molar-refractivity contribution in [3.05, 3.63) is 29.8 Å². The zero-order chi connectivity index (χ0) is 14.2. The zero-order valence-electron chi connectivity index (χ0n) is 11.8. The van der Waals surface area contributed by atoms with Crippen LogP contribution >= 0.6 is 0 Å². The number of aliphatic hydroxyl groups is 1. The molecule has 0 saturated heterocycles. The normalized spacial score (nSPS) is 21.1. The van der Waals surface area contributed by atoms with Crippen molar-refractivity contribution >= 4 is 5.91 Å². The van der Waals surface area contributed by atoms with Gasteiger partial charge in [-0.1, -0.05) is 12.1 Å². The second kappa shape index (κ2) is 5.09. The summed E-state index contributed by atoms with van der Waals surface area (Å²) in [7, 11) is 1.57. The van der Waals surface area contributed by atoms with Crippen molar-refractivity contribution in [1.82, 2.24) is 5.32 Å². The van der Waals surface area contributed by atoms with E-state index >= 15 is 0 Å². The number of aliphatic hydroxyl groups excluding tert-OH is 1. The van der Waals surface area contributed by atoms with Crippen LogP contribution in [0.1, 0.15) is 37.4 Å². The Morgan fingerprint density at radius 1 is 1.50 bits per heavy atom. The highest BCUT2D eigenvalue weighted by atomic mass is 16.5. The second-order valence-electron chi connectivity index (χ2n) is 6.03. The Hall–Kier alpha value is -1.55. The van der Waals surface area contributed by atoms with E-state index in [9.17, 15) is 9.90 Å². The summed E-state index contributed by atoms with van der Waals surface area (Å²) in [4.78, 5) is 12.1. The van der Waals surface area contributed by atoms with E-state index in [4.69, 9.17) is 4.74 Å². The summed E-state index contributed by atoms with van der Waals surface area (Å²) >= 11 is 0. The average molecular weight is 275 g/mol. The predicted octanol–water partition coefficient (Wildman–Crippen LogP) is 2.04. The number of nitrogens with one attached hydrogen (secondary N) is 1. The van der Waals surface area contributed by atoms with Crippen LogP contribution in [0.25, 0.3) is 0 Å². The van der Waals surface area contributed by atoms with Gasteiger partial charge in [0.2, 0.25) is 0 Å². The molecule has 3 rings (SSSR count). The van der Waals surface area contributed by atoms with Crippen LogP contribution < -0.4 is 10.1 Å². The molecule has 1 aromatic carbocycles. The van der Waals surface area contributed by atoms with Crippen LogP contribution in [0.3, 0.4) is 0 Å². The first-order valence-electron chi connectivity index (χ1n) is 7.24. The monoisotopic (exact) mass is 275 g/mol. The van der Waals surface area contributed by atoms with E-state index in [-0.39, 0.29) is 5.91 Å². The number of ether oxygens (including phenoxy) is 1. The Morgan fingerprint density at radius 2 is 2.25 bits per heavy atom. The van der Waals surface area contributed by atoms with Crippen LogP contribution in [0.4, 0.5) is 0 Å². The lowest BCUT2D eigenvalue weighted by molar-refractivity contribution is -0.129. The third-order valence-electron chi connectivity index (χ3n) is 4.61. The first kappa shape index (κ1) is 13.4. The van der Waals surface area contributed by atoms with Crippen molar-refractivity contribution in [1.29, 1.82) is 0 Å². The molecule has 0 heterocycles. The molecule has 0 bridgehead atoms. The summed E-state index contributed by atoms with van der Waals surface area (Å²) in [5.74, 6) is 1.13. The molecule has 1 aromatic rings. The summed E-state index contributed by atoms with van der Waals surface area (Å²) in [5.41, 5.74) is 0.919. The van der Waals surface area contributed by atoms with Crippen LogP contribution in [0, 0.1) is 11.3 Å². The van der Waals surface area contributed by atoms with E-state index in [0.717, 1.165) is 5.92 Å². The van der Waals surface area contributed by atoms with Gasteiger partial charge in [0.25, 0.3) is 5.91 Å². The van der Waals surface area contributed by atoms with Crippen molar-refractivity contribution in [3.63, 3.8) is 0 Å². The average Bonchev–Trinajstić information content (AvgIpc) is 3.36. The molecular formula is C16H21NO3. The number of amides is 1. The quantitative estimate of drug-likeness (QED) is 0.835. The molecule has 0 radical (unpaired) electrons. The lowest BCUT2D eigenvalue weighted by atomic mass is 10.0. The van der Waals surface area contributed by atoms with Crippen LogP contribution in [-0.2, 0) is 4.79 Å². The molecule has 2 fully saturated rings.